The highest BCUT2D eigenvalue weighted by atomic mass is 16.2. The summed E-state index contributed by atoms with van der Waals surface area (Å²) in [5.74, 6) is -0.0542. The van der Waals surface area contributed by atoms with Crippen LogP contribution in [0.15, 0.2) is 52.1 Å². The van der Waals surface area contributed by atoms with E-state index in [0.29, 0.717) is 24.7 Å². The quantitative estimate of drug-likeness (QED) is 0.672. The molecule has 1 aromatic heterocycles. The molecule has 0 bridgehead atoms. The van der Waals surface area contributed by atoms with Gasteiger partial charge < -0.3 is 10.2 Å². The molecule has 0 aliphatic carbocycles. The van der Waals surface area contributed by atoms with Gasteiger partial charge in [0.25, 0.3) is 0 Å². The SMILES string of the molecule is Cc1ccc(N2CCn3c2nn(CC(=O)Nc2cc(C)cc(C)c2)c(=O)c3=O)cc1. The average molecular weight is 405 g/mol. The number of aromatic nitrogens is 3. The Balaban J connectivity index is 1.63. The van der Waals surface area contributed by atoms with Crippen molar-refractivity contribution in [2.75, 3.05) is 16.8 Å². The zero-order valence-electron chi connectivity index (χ0n) is 17.2. The summed E-state index contributed by atoms with van der Waals surface area (Å²) in [5.41, 5.74) is 3.20. The first-order valence-corrected chi connectivity index (χ1v) is 9.76. The zero-order chi connectivity index (χ0) is 21.4. The molecule has 0 atom stereocenters. The van der Waals surface area contributed by atoms with Crippen molar-refractivity contribution >= 4 is 23.2 Å². The summed E-state index contributed by atoms with van der Waals surface area (Å²) in [6.07, 6.45) is 0. The van der Waals surface area contributed by atoms with E-state index in [2.05, 4.69) is 10.4 Å². The fourth-order valence-corrected chi connectivity index (χ4v) is 3.69. The minimum absolute atomic E-state index is 0.337. The monoisotopic (exact) mass is 405 g/mol. The number of nitrogens with one attached hydrogen (secondary N) is 1. The second-order valence-electron chi connectivity index (χ2n) is 7.63. The number of hydrogen-bond donors (Lipinski definition) is 1. The minimum Gasteiger partial charge on any atom is -0.324 e. The molecule has 0 radical (unpaired) electrons. The molecule has 1 N–H and O–H groups in total. The van der Waals surface area contributed by atoms with Gasteiger partial charge >= 0.3 is 11.1 Å². The van der Waals surface area contributed by atoms with Crippen LogP contribution in [0.2, 0.25) is 0 Å². The maximum absolute atomic E-state index is 12.6. The molecule has 2 heterocycles. The molecule has 0 saturated heterocycles. The second kappa shape index (κ2) is 7.62. The van der Waals surface area contributed by atoms with Gasteiger partial charge in [0.15, 0.2) is 0 Å². The molecular formula is C22H23N5O3. The first-order valence-electron chi connectivity index (χ1n) is 9.76. The van der Waals surface area contributed by atoms with Crippen molar-refractivity contribution in [3.8, 4) is 0 Å². The number of carbonyl (C=O) groups excluding carboxylic acids is 1. The predicted molar refractivity (Wildman–Crippen MR) is 115 cm³/mol. The Morgan fingerprint density at radius 2 is 1.60 bits per heavy atom. The molecule has 30 heavy (non-hydrogen) atoms. The predicted octanol–water partition coefficient (Wildman–Crippen LogP) is 2.12. The highest BCUT2D eigenvalue weighted by Crippen LogP contribution is 2.26. The zero-order valence-corrected chi connectivity index (χ0v) is 17.2. The van der Waals surface area contributed by atoms with Gasteiger partial charge in [0, 0.05) is 24.5 Å². The summed E-state index contributed by atoms with van der Waals surface area (Å²) in [5, 5.41) is 7.12. The molecule has 4 rings (SSSR count). The topological polar surface area (TPSA) is 89.2 Å². The number of rotatable bonds is 4. The van der Waals surface area contributed by atoms with Gasteiger partial charge in [-0.2, -0.15) is 0 Å². The third kappa shape index (κ3) is 3.76. The molecule has 3 aromatic rings. The number of aryl methyl sites for hydroxylation is 3. The first-order chi connectivity index (χ1) is 14.3. The van der Waals surface area contributed by atoms with Crippen LogP contribution in [0, 0.1) is 20.8 Å². The van der Waals surface area contributed by atoms with Gasteiger partial charge in [-0.1, -0.05) is 23.8 Å². The Morgan fingerprint density at radius 1 is 0.933 bits per heavy atom. The van der Waals surface area contributed by atoms with E-state index >= 15 is 0 Å². The first kappa shape index (κ1) is 19.6. The second-order valence-corrected chi connectivity index (χ2v) is 7.63. The lowest BCUT2D eigenvalue weighted by Gasteiger charge is -2.18. The molecule has 1 aliphatic rings. The lowest BCUT2D eigenvalue weighted by molar-refractivity contribution is -0.117. The fourth-order valence-electron chi connectivity index (χ4n) is 3.69. The largest absolute Gasteiger partial charge is 0.333 e. The molecule has 2 aromatic carbocycles. The number of benzene rings is 2. The van der Waals surface area contributed by atoms with Crippen molar-refractivity contribution in [1.29, 1.82) is 0 Å². The van der Waals surface area contributed by atoms with Gasteiger partial charge in [0.1, 0.15) is 6.54 Å². The Labute approximate surface area is 173 Å². The summed E-state index contributed by atoms with van der Waals surface area (Å²) in [7, 11) is 0. The lowest BCUT2D eigenvalue weighted by Crippen LogP contribution is -2.44. The highest BCUT2D eigenvalue weighted by molar-refractivity contribution is 5.90. The maximum Gasteiger partial charge on any atom is 0.333 e. The number of nitrogens with zero attached hydrogens (tertiary/aromatic N) is 4. The summed E-state index contributed by atoms with van der Waals surface area (Å²) in [4.78, 5) is 39.5. The third-order valence-electron chi connectivity index (χ3n) is 5.05. The van der Waals surface area contributed by atoms with Crippen LogP contribution in [-0.4, -0.2) is 26.8 Å². The molecule has 0 saturated carbocycles. The van der Waals surface area contributed by atoms with E-state index in [1.165, 1.54) is 4.57 Å². The molecule has 1 amide bonds. The molecule has 8 heteroatoms. The average Bonchev–Trinajstić information content (AvgIpc) is 3.09. The van der Waals surface area contributed by atoms with E-state index in [-0.39, 0.29) is 6.54 Å². The Kier molecular flexibility index (Phi) is 4.99. The van der Waals surface area contributed by atoms with E-state index in [1.807, 2.05) is 68.1 Å². The van der Waals surface area contributed by atoms with E-state index < -0.39 is 17.0 Å². The van der Waals surface area contributed by atoms with E-state index in [9.17, 15) is 14.4 Å². The van der Waals surface area contributed by atoms with Crippen LogP contribution in [-0.2, 0) is 17.9 Å². The number of amides is 1. The van der Waals surface area contributed by atoms with Crippen molar-refractivity contribution < 1.29 is 4.79 Å². The van der Waals surface area contributed by atoms with E-state index in [1.54, 1.807) is 0 Å². The van der Waals surface area contributed by atoms with Gasteiger partial charge in [-0.05, 0) is 56.2 Å². The van der Waals surface area contributed by atoms with Crippen LogP contribution < -0.4 is 21.3 Å². The van der Waals surface area contributed by atoms with Crippen LogP contribution in [0.4, 0.5) is 17.3 Å². The van der Waals surface area contributed by atoms with Gasteiger partial charge in [-0.3, -0.25) is 19.0 Å². The Hall–Kier alpha value is -3.68. The summed E-state index contributed by atoms with van der Waals surface area (Å²) in [6, 6.07) is 13.5. The van der Waals surface area contributed by atoms with Crippen LogP contribution in [0.25, 0.3) is 0 Å². The molecule has 154 valence electrons. The molecule has 0 unspecified atom stereocenters. The fraction of sp³-hybridized carbons (Fsp3) is 0.273. The lowest BCUT2D eigenvalue weighted by atomic mass is 10.1. The summed E-state index contributed by atoms with van der Waals surface area (Å²) >= 11 is 0. The van der Waals surface area contributed by atoms with Crippen molar-refractivity contribution in [2.24, 2.45) is 0 Å². The van der Waals surface area contributed by atoms with Crippen molar-refractivity contribution in [3.05, 3.63) is 79.9 Å². The normalized spacial score (nSPS) is 12.7. The maximum atomic E-state index is 12.6. The number of anilines is 3. The number of carbonyl (C=O) groups is 1. The van der Waals surface area contributed by atoms with Gasteiger partial charge in [-0.15, -0.1) is 5.10 Å². The smallest absolute Gasteiger partial charge is 0.324 e. The van der Waals surface area contributed by atoms with Gasteiger partial charge in [-0.25, -0.2) is 4.68 Å². The van der Waals surface area contributed by atoms with Gasteiger partial charge in [0.2, 0.25) is 11.9 Å². The van der Waals surface area contributed by atoms with Crippen LogP contribution in [0.5, 0.6) is 0 Å². The van der Waals surface area contributed by atoms with Crippen molar-refractivity contribution in [2.45, 2.75) is 33.9 Å². The molecule has 1 aliphatic heterocycles. The Bertz CT molecular complexity index is 1220. The van der Waals surface area contributed by atoms with E-state index in [4.69, 9.17) is 0 Å². The Morgan fingerprint density at radius 3 is 2.27 bits per heavy atom. The summed E-state index contributed by atoms with van der Waals surface area (Å²) < 4.78 is 2.30. The van der Waals surface area contributed by atoms with E-state index in [0.717, 1.165) is 27.1 Å². The third-order valence-corrected chi connectivity index (χ3v) is 5.05. The molecule has 0 fully saturated rings. The van der Waals surface area contributed by atoms with Gasteiger partial charge in [0.05, 0.1) is 0 Å². The van der Waals surface area contributed by atoms with Crippen molar-refractivity contribution in [1.82, 2.24) is 14.3 Å². The number of hydrogen-bond acceptors (Lipinski definition) is 5. The standard InChI is InChI=1S/C22H23N5O3/c1-14-4-6-18(7-5-14)25-8-9-26-20(29)21(30)27(24-22(25)26)13-19(28)23-17-11-15(2)10-16(3)12-17/h4-7,10-12H,8-9,13H2,1-3H3,(H,23,28). The summed E-state index contributed by atoms with van der Waals surface area (Å²) in [6.45, 7) is 6.45. The molecule has 8 nitrogen and oxygen atoms in total. The van der Waals surface area contributed by atoms with Crippen LogP contribution in [0.1, 0.15) is 16.7 Å². The van der Waals surface area contributed by atoms with Crippen molar-refractivity contribution in [3.63, 3.8) is 0 Å². The van der Waals surface area contributed by atoms with Crippen LogP contribution >= 0.6 is 0 Å². The molecule has 0 spiro atoms. The minimum atomic E-state index is -0.805. The molecular weight excluding hydrogens is 382 g/mol. The number of fused-ring (bicyclic) bond motifs is 1. The highest BCUT2D eigenvalue weighted by Gasteiger charge is 2.26. The van der Waals surface area contributed by atoms with Crippen LogP contribution in [0.3, 0.4) is 0 Å².